The fraction of sp³-hybridized carbons (Fsp3) is 0.0833. The molecule has 4 aromatic rings. The average molecular weight is 447 g/mol. The smallest absolute Gasteiger partial charge is 0.335 e. The summed E-state index contributed by atoms with van der Waals surface area (Å²) in [4.78, 5) is 21.3. The van der Waals surface area contributed by atoms with Gasteiger partial charge in [-0.05, 0) is 61.7 Å². The predicted octanol–water partition coefficient (Wildman–Crippen LogP) is 4.87. The molecule has 0 amide bonds. The lowest BCUT2D eigenvalue weighted by molar-refractivity contribution is 0.0697. The molecule has 0 saturated carbocycles. The van der Waals surface area contributed by atoms with Crippen molar-refractivity contribution in [3.05, 3.63) is 83.9 Å². The summed E-state index contributed by atoms with van der Waals surface area (Å²) in [5.41, 5.74) is 3.03. The SMILES string of the molecule is CC=S(=O)(Nc1nc2ccccc2nc1Nc1cccc(C(=O)O)c1)c1ccc(C)cc1. The summed E-state index contributed by atoms with van der Waals surface area (Å²) >= 11 is 0. The average Bonchev–Trinajstić information content (AvgIpc) is 2.80. The maximum absolute atomic E-state index is 13.8. The lowest BCUT2D eigenvalue weighted by Gasteiger charge is -2.17. The fourth-order valence-electron chi connectivity index (χ4n) is 3.16. The number of nitrogens with zero attached hydrogens (tertiary/aromatic N) is 2. The van der Waals surface area contributed by atoms with Gasteiger partial charge in [0.1, 0.15) is 0 Å². The minimum absolute atomic E-state index is 0.142. The fourth-order valence-corrected chi connectivity index (χ4v) is 4.64. The zero-order valence-corrected chi connectivity index (χ0v) is 18.4. The Labute approximate surface area is 186 Å². The summed E-state index contributed by atoms with van der Waals surface area (Å²) in [6.45, 7) is 3.70. The van der Waals surface area contributed by atoms with Crippen LogP contribution < -0.4 is 10.0 Å². The predicted molar refractivity (Wildman–Crippen MR) is 129 cm³/mol. The Kier molecular flexibility index (Phi) is 5.79. The number of fused-ring (bicyclic) bond motifs is 1. The third kappa shape index (κ3) is 4.40. The molecule has 0 spiro atoms. The van der Waals surface area contributed by atoms with Crippen LogP contribution in [0.25, 0.3) is 11.0 Å². The molecule has 0 aliphatic carbocycles. The van der Waals surface area contributed by atoms with Gasteiger partial charge in [0.05, 0.1) is 26.3 Å². The third-order valence-electron chi connectivity index (χ3n) is 4.89. The van der Waals surface area contributed by atoms with Crippen LogP contribution in [0.2, 0.25) is 0 Å². The number of rotatable bonds is 6. The number of hydrogen-bond acceptors (Lipinski definition) is 5. The number of carboxylic acid groups (broad SMARTS) is 1. The first-order valence-electron chi connectivity index (χ1n) is 9.93. The van der Waals surface area contributed by atoms with Crippen LogP contribution in [0.5, 0.6) is 0 Å². The Morgan fingerprint density at radius 3 is 2.22 bits per heavy atom. The minimum atomic E-state index is -2.79. The zero-order chi connectivity index (χ0) is 22.7. The number of carboxylic acids is 1. The molecule has 4 rings (SSSR count). The Hall–Kier alpha value is -3.91. The van der Waals surface area contributed by atoms with Gasteiger partial charge in [0.15, 0.2) is 11.6 Å². The highest BCUT2D eigenvalue weighted by Gasteiger charge is 2.16. The van der Waals surface area contributed by atoms with Gasteiger partial charge in [-0.2, -0.15) is 0 Å². The van der Waals surface area contributed by atoms with Crippen molar-refractivity contribution in [3.63, 3.8) is 0 Å². The number of para-hydroxylation sites is 2. The van der Waals surface area contributed by atoms with E-state index in [1.165, 1.54) is 12.1 Å². The van der Waals surface area contributed by atoms with Gasteiger partial charge in [-0.25, -0.2) is 19.0 Å². The highest BCUT2D eigenvalue weighted by molar-refractivity contribution is 8.02. The van der Waals surface area contributed by atoms with Gasteiger partial charge < -0.3 is 10.4 Å². The topological polar surface area (TPSA) is 104 Å². The quantitative estimate of drug-likeness (QED) is 0.365. The molecular weight excluding hydrogens is 424 g/mol. The van der Waals surface area contributed by atoms with Gasteiger partial charge in [-0.15, -0.1) is 0 Å². The minimum Gasteiger partial charge on any atom is -0.478 e. The number of hydrogen-bond donors (Lipinski definition) is 3. The lowest BCUT2D eigenvalue weighted by Crippen LogP contribution is -2.17. The molecule has 1 atom stereocenters. The number of nitrogens with one attached hydrogen (secondary N) is 2. The van der Waals surface area contributed by atoms with Crippen molar-refractivity contribution >= 4 is 49.4 Å². The van der Waals surface area contributed by atoms with Crippen molar-refractivity contribution in [1.82, 2.24) is 9.97 Å². The highest BCUT2D eigenvalue weighted by atomic mass is 32.2. The number of benzene rings is 3. The molecule has 0 aliphatic heterocycles. The number of carbonyl (C=O) groups is 1. The van der Waals surface area contributed by atoms with Crippen molar-refractivity contribution in [2.24, 2.45) is 0 Å². The number of aromatic nitrogens is 2. The summed E-state index contributed by atoms with van der Waals surface area (Å²) in [6, 6.07) is 21.2. The van der Waals surface area contributed by atoms with E-state index in [4.69, 9.17) is 0 Å². The van der Waals surface area contributed by atoms with Crippen LogP contribution in [0, 0.1) is 6.92 Å². The van der Waals surface area contributed by atoms with Crippen molar-refractivity contribution in [2.75, 3.05) is 10.0 Å². The largest absolute Gasteiger partial charge is 0.478 e. The normalized spacial score (nSPS) is 12.7. The highest BCUT2D eigenvalue weighted by Crippen LogP contribution is 2.27. The van der Waals surface area contributed by atoms with E-state index in [1.807, 2.05) is 55.5 Å². The number of aryl methyl sites for hydroxylation is 1. The molecule has 3 aromatic carbocycles. The van der Waals surface area contributed by atoms with Crippen LogP contribution in [0.1, 0.15) is 22.8 Å². The Balaban J connectivity index is 1.81. The standard InChI is InChI=1S/C24H22N4O3S/c1-3-32(31,19-13-11-16(2)12-14-19)28-23-22(26-20-9-4-5-10-21(20)27-23)25-18-8-6-7-17(15-18)24(29)30/h3-15H,1-2H3,(H,25,26)(H,29,30)(H,27,28,31). The molecule has 1 unspecified atom stereocenters. The van der Waals surface area contributed by atoms with Gasteiger partial charge in [0, 0.05) is 10.6 Å². The van der Waals surface area contributed by atoms with Crippen LogP contribution in [-0.2, 0) is 9.71 Å². The van der Waals surface area contributed by atoms with E-state index in [0.717, 1.165) is 5.56 Å². The van der Waals surface area contributed by atoms with Crippen LogP contribution in [0.4, 0.5) is 17.3 Å². The molecule has 0 radical (unpaired) electrons. The van der Waals surface area contributed by atoms with E-state index in [-0.39, 0.29) is 5.56 Å². The molecule has 1 heterocycles. The monoisotopic (exact) mass is 446 g/mol. The molecule has 0 fully saturated rings. The van der Waals surface area contributed by atoms with Gasteiger partial charge in [0.25, 0.3) is 0 Å². The van der Waals surface area contributed by atoms with Gasteiger partial charge in [-0.1, -0.05) is 35.9 Å². The van der Waals surface area contributed by atoms with Crippen LogP contribution >= 0.6 is 0 Å². The van der Waals surface area contributed by atoms with Gasteiger partial charge in [-0.3, -0.25) is 4.72 Å². The summed E-state index contributed by atoms with van der Waals surface area (Å²) < 4.78 is 16.9. The first-order valence-corrected chi connectivity index (χ1v) is 11.6. The molecule has 0 bridgehead atoms. The maximum atomic E-state index is 13.8. The van der Waals surface area contributed by atoms with Crippen molar-refractivity contribution in [1.29, 1.82) is 0 Å². The first kappa shape index (κ1) is 21.3. The lowest BCUT2D eigenvalue weighted by atomic mass is 10.2. The molecule has 0 aliphatic rings. The summed E-state index contributed by atoms with van der Waals surface area (Å²) in [6.07, 6.45) is 0. The molecule has 0 saturated heterocycles. The Bertz CT molecular complexity index is 1430. The van der Waals surface area contributed by atoms with E-state index in [0.29, 0.717) is 33.3 Å². The van der Waals surface area contributed by atoms with Crippen molar-refractivity contribution in [2.45, 2.75) is 18.7 Å². The van der Waals surface area contributed by atoms with E-state index in [2.05, 4.69) is 20.0 Å². The first-order chi connectivity index (χ1) is 15.4. The molecule has 7 nitrogen and oxygen atoms in total. The van der Waals surface area contributed by atoms with E-state index < -0.39 is 15.7 Å². The molecular formula is C24H22N4O3S. The second-order valence-corrected chi connectivity index (χ2v) is 9.52. The van der Waals surface area contributed by atoms with Crippen LogP contribution in [-0.4, -0.2) is 30.6 Å². The second kappa shape index (κ2) is 8.68. The van der Waals surface area contributed by atoms with Gasteiger partial charge >= 0.3 is 5.97 Å². The molecule has 32 heavy (non-hydrogen) atoms. The van der Waals surface area contributed by atoms with Crippen LogP contribution in [0.15, 0.2) is 77.7 Å². The summed E-state index contributed by atoms with van der Waals surface area (Å²) in [7, 11) is -2.79. The Morgan fingerprint density at radius 1 is 0.938 bits per heavy atom. The molecule has 3 N–H and O–H groups in total. The van der Waals surface area contributed by atoms with E-state index >= 15 is 0 Å². The molecule has 1 aromatic heterocycles. The zero-order valence-electron chi connectivity index (χ0n) is 17.6. The Morgan fingerprint density at radius 2 is 1.59 bits per heavy atom. The van der Waals surface area contributed by atoms with Gasteiger partial charge in [0.2, 0.25) is 0 Å². The molecule has 8 heteroatoms. The third-order valence-corrected chi connectivity index (χ3v) is 7.03. The second-order valence-electron chi connectivity index (χ2n) is 7.17. The maximum Gasteiger partial charge on any atom is 0.335 e. The number of aromatic carboxylic acids is 1. The molecule has 162 valence electrons. The van der Waals surface area contributed by atoms with Crippen molar-refractivity contribution < 1.29 is 14.1 Å². The van der Waals surface area contributed by atoms with Crippen molar-refractivity contribution in [3.8, 4) is 0 Å². The van der Waals surface area contributed by atoms with E-state index in [9.17, 15) is 14.1 Å². The number of anilines is 3. The summed E-state index contributed by atoms with van der Waals surface area (Å²) in [5, 5.41) is 14.0. The van der Waals surface area contributed by atoms with E-state index in [1.54, 1.807) is 24.4 Å². The van der Waals surface area contributed by atoms with Crippen LogP contribution in [0.3, 0.4) is 0 Å². The summed E-state index contributed by atoms with van der Waals surface area (Å²) in [5.74, 6) is -0.388.